The fourth-order valence-electron chi connectivity index (χ4n) is 4.77. The highest BCUT2D eigenvalue weighted by Gasteiger charge is 2.49. The van der Waals surface area contributed by atoms with Crippen molar-refractivity contribution >= 4 is 33.8 Å². The number of piperidine rings is 1. The molecular formula is C21H28BrN3O5. The van der Waals surface area contributed by atoms with Crippen molar-refractivity contribution in [2.24, 2.45) is 5.41 Å². The van der Waals surface area contributed by atoms with Gasteiger partial charge in [0.15, 0.2) is 0 Å². The number of aryl methyl sites for hydroxylation is 2. The van der Waals surface area contributed by atoms with Crippen LogP contribution in [0.15, 0.2) is 4.47 Å². The molecule has 2 saturated heterocycles. The molecule has 2 aliphatic rings. The summed E-state index contributed by atoms with van der Waals surface area (Å²) in [6.45, 7) is 9.21. The number of pyridine rings is 1. The van der Waals surface area contributed by atoms with Crippen LogP contribution in [0, 0.1) is 19.3 Å². The zero-order valence-corrected chi connectivity index (χ0v) is 19.3. The minimum absolute atomic E-state index is 0.142. The summed E-state index contributed by atoms with van der Waals surface area (Å²) in [5.41, 5.74) is 1.89. The third-order valence-corrected chi connectivity index (χ3v) is 7.17. The number of carbonyl (C=O) groups is 3. The maximum absolute atomic E-state index is 13.1. The lowest BCUT2D eigenvalue weighted by atomic mass is 9.66. The standard InChI is InChI=1S/C21H28BrN3O5/c1-11(2)30-19(27)18(26)15-12(3)24-13(4)17(22)16(15)14-9-23-7-5-21(14)6-8-25(10-21)20(28)29/h11,14,23H,5-10H2,1-4H3,(H,28,29). The van der Waals surface area contributed by atoms with Crippen LogP contribution in [-0.2, 0) is 9.53 Å². The van der Waals surface area contributed by atoms with Gasteiger partial charge in [0.1, 0.15) is 0 Å². The average Bonchev–Trinajstić information content (AvgIpc) is 3.09. The topological polar surface area (TPSA) is 109 Å². The van der Waals surface area contributed by atoms with E-state index in [9.17, 15) is 19.5 Å². The summed E-state index contributed by atoms with van der Waals surface area (Å²) >= 11 is 3.62. The first kappa shape index (κ1) is 22.7. The Morgan fingerprint density at radius 3 is 2.57 bits per heavy atom. The van der Waals surface area contributed by atoms with Gasteiger partial charge in [-0.15, -0.1) is 0 Å². The zero-order chi connectivity index (χ0) is 22.2. The van der Waals surface area contributed by atoms with Crippen LogP contribution in [0.3, 0.4) is 0 Å². The highest BCUT2D eigenvalue weighted by atomic mass is 79.9. The van der Waals surface area contributed by atoms with Crippen LogP contribution in [-0.4, -0.2) is 65.1 Å². The number of nitrogens with zero attached hydrogens (tertiary/aromatic N) is 2. The number of nitrogens with one attached hydrogen (secondary N) is 1. The molecule has 1 amide bonds. The molecule has 2 atom stereocenters. The van der Waals surface area contributed by atoms with E-state index in [1.165, 1.54) is 4.90 Å². The van der Waals surface area contributed by atoms with Gasteiger partial charge in [0, 0.05) is 35.7 Å². The van der Waals surface area contributed by atoms with Gasteiger partial charge < -0.3 is 20.1 Å². The second-order valence-corrected chi connectivity index (χ2v) is 9.28. The Balaban J connectivity index is 2.13. The van der Waals surface area contributed by atoms with Crippen molar-refractivity contribution in [3.63, 3.8) is 0 Å². The predicted molar refractivity (Wildman–Crippen MR) is 114 cm³/mol. The van der Waals surface area contributed by atoms with E-state index in [0.29, 0.717) is 36.2 Å². The third kappa shape index (κ3) is 4.09. The largest absolute Gasteiger partial charge is 0.465 e. The lowest BCUT2D eigenvalue weighted by molar-refractivity contribution is -0.141. The number of carbonyl (C=O) groups excluding carboxylic acids is 2. The molecule has 164 valence electrons. The maximum Gasteiger partial charge on any atom is 0.407 e. The molecule has 0 bridgehead atoms. The molecule has 9 heteroatoms. The molecule has 2 unspecified atom stereocenters. The van der Waals surface area contributed by atoms with Crippen LogP contribution in [0.5, 0.6) is 0 Å². The first-order valence-corrected chi connectivity index (χ1v) is 11.0. The molecule has 1 aromatic heterocycles. The van der Waals surface area contributed by atoms with Crippen molar-refractivity contribution in [2.45, 2.75) is 52.6 Å². The Bertz CT molecular complexity index is 888. The number of likely N-dealkylation sites (tertiary alicyclic amines) is 1. The SMILES string of the molecule is Cc1nc(C)c(C(=O)C(=O)OC(C)C)c(C2CNCCC23CCN(C(=O)O)C3)c1Br. The summed E-state index contributed by atoms with van der Waals surface area (Å²) in [6, 6.07) is 0. The molecule has 0 aliphatic carbocycles. The smallest absolute Gasteiger partial charge is 0.407 e. The second kappa shape index (κ2) is 8.63. The van der Waals surface area contributed by atoms with E-state index in [1.807, 2.05) is 6.92 Å². The van der Waals surface area contributed by atoms with Crippen LogP contribution in [0.4, 0.5) is 4.79 Å². The molecule has 8 nitrogen and oxygen atoms in total. The second-order valence-electron chi connectivity index (χ2n) is 8.49. The van der Waals surface area contributed by atoms with E-state index < -0.39 is 23.9 Å². The molecule has 30 heavy (non-hydrogen) atoms. The Morgan fingerprint density at radius 1 is 1.27 bits per heavy atom. The number of ketones is 1. The van der Waals surface area contributed by atoms with Crippen LogP contribution in [0.2, 0.25) is 0 Å². The first-order valence-electron chi connectivity index (χ1n) is 10.2. The van der Waals surface area contributed by atoms with Gasteiger partial charge in [0.25, 0.3) is 5.78 Å². The van der Waals surface area contributed by atoms with Crippen molar-refractivity contribution < 1.29 is 24.2 Å². The van der Waals surface area contributed by atoms with Crippen molar-refractivity contribution in [1.82, 2.24) is 15.2 Å². The number of halogens is 1. The average molecular weight is 482 g/mol. The fourth-order valence-corrected chi connectivity index (χ4v) is 5.33. The Labute approximate surface area is 184 Å². The van der Waals surface area contributed by atoms with Gasteiger partial charge in [0.2, 0.25) is 0 Å². The normalized spacial score (nSPS) is 23.8. The number of rotatable bonds is 4. The molecule has 3 rings (SSSR count). The number of aromatic nitrogens is 1. The van der Waals surface area contributed by atoms with Crippen molar-refractivity contribution in [3.8, 4) is 0 Å². The van der Waals surface area contributed by atoms with Crippen molar-refractivity contribution in [1.29, 1.82) is 0 Å². The van der Waals surface area contributed by atoms with Crippen molar-refractivity contribution in [3.05, 3.63) is 27.0 Å². The Kier molecular flexibility index (Phi) is 6.52. The van der Waals surface area contributed by atoms with Gasteiger partial charge in [-0.1, -0.05) is 0 Å². The molecular weight excluding hydrogens is 454 g/mol. The number of carboxylic acid groups (broad SMARTS) is 1. The summed E-state index contributed by atoms with van der Waals surface area (Å²) in [4.78, 5) is 43.1. The highest BCUT2D eigenvalue weighted by molar-refractivity contribution is 9.10. The summed E-state index contributed by atoms with van der Waals surface area (Å²) in [5, 5.41) is 12.9. The molecule has 2 N–H and O–H groups in total. The van der Waals surface area contributed by atoms with Crippen molar-refractivity contribution in [2.75, 3.05) is 26.2 Å². The summed E-state index contributed by atoms with van der Waals surface area (Å²) in [6.07, 6.45) is 0.164. The van der Waals surface area contributed by atoms with E-state index in [-0.39, 0.29) is 16.9 Å². The number of amides is 1. The van der Waals surface area contributed by atoms with E-state index in [0.717, 1.165) is 24.2 Å². The molecule has 0 aromatic carbocycles. The van der Waals surface area contributed by atoms with Gasteiger partial charge in [-0.05, 0) is 74.0 Å². The van der Waals surface area contributed by atoms with Gasteiger partial charge in [-0.25, -0.2) is 9.59 Å². The fraction of sp³-hybridized carbons (Fsp3) is 0.619. The molecule has 1 spiro atoms. The van der Waals surface area contributed by atoms with E-state index in [2.05, 4.69) is 26.2 Å². The minimum Gasteiger partial charge on any atom is -0.465 e. The predicted octanol–water partition coefficient (Wildman–Crippen LogP) is 3.04. The first-order chi connectivity index (χ1) is 14.1. The lowest BCUT2D eigenvalue weighted by Crippen LogP contribution is -2.46. The highest BCUT2D eigenvalue weighted by Crippen LogP contribution is 2.50. The quantitative estimate of drug-likeness (QED) is 0.386. The minimum atomic E-state index is -0.929. The molecule has 1 aromatic rings. The van der Waals surface area contributed by atoms with Gasteiger partial charge in [-0.3, -0.25) is 9.78 Å². The molecule has 2 aliphatic heterocycles. The number of ether oxygens (including phenoxy) is 1. The number of Topliss-reactive ketones (excluding diaryl/α,β-unsaturated/α-hetero) is 1. The van der Waals surface area contributed by atoms with Crippen LogP contribution in [0.25, 0.3) is 0 Å². The zero-order valence-electron chi connectivity index (χ0n) is 17.7. The summed E-state index contributed by atoms with van der Waals surface area (Å²) in [7, 11) is 0. The number of hydrogen-bond donors (Lipinski definition) is 2. The van der Waals surface area contributed by atoms with Gasteiger partial charge >= 0.3 is 12.1 Å². The van der Waals surface area contributed by atoms with E-state index in [1.54, 1.807) is 20.8 Å². The number of hydrogen-bond acceptors (Lipinski definition) is 6. The molecule has 3 heterocycles. The van der Waals surface area contributed by atoms with Gasteiger partial charge in [-0.2, -0.15) is 0 Å². The Morgan fingerprint density at radius 2 is 1.97 bits per heavy atom. The summed E-state index contributed by atoms with van der Waals surface area (Å²) < 4.78 is 5.86. The molecule has 0 saturated carbocycles. The monoisotopic (exact) mass is 481 g/mol. The summed E-state index contributed by atoms with van der Waals surface area (Å²) in [5.74, 6) is -1.75. The third-order valence-electron chi connectivity index (χ3n) is 6.17. The molecule has 2 fully saturated rings. The van der Waals surface area contributed by atoms with E-state index in [4.69, 9.17) is 4.74 Å². The number of esters is 1. The maximum atomic E-state index is 13.1. The van der Waals surface area contributed by atoms with Crippen LogP contribution < -0.4 is 5.32 Å². The Hall–Kier alpha value is -2.00. The van der Waals surface area contributed by atoms with Gasteiger partial charge in [0.05, 0.1) is 17.4 Å². The van der Waals surface area contributed by atoms with Crippen LogP contribution >= 0.6 is 15.9 Å². The lowest BCUT2D eigenvalue weighted by Gasteiger charge is -2.43. The molecule has 0 radical (unpaired) electrons. The van der Waals surface area contributed by atoms with Crippen LogP contribution in [0.1, 0.15) is 59.9 Å². The van der Waals surface area contributed by atoms with E-state index >= 15 is 0 Å².